The van der Waals surface area contributed by atoms with E-state index in [0.717, 1.165) is 11.3 Å². The highest BCUT2D eigenvalue weighted by atomic mass is 16.5. The Morgan fingerprint density at radius 2 is 2.06 bits per heavy atom. The van der Waals surface area contributed by atoms with Crippen molar-refractivity contribution in [3.8, 4) is 5.75 Å². The molecular weight excluding hydrogens is 218 g/mol. The van der Waals surface area contributed by atoms with Crippen molar-refractivity contribution in [1.82, 2.24) is 4.98 Å². The lowest BCUT2D eigenvalue weighted by Gasteiger charge is -2.08. The van der Waals surface area contributed by atoms with E-state index in [-0.39, 0.29) is 0 Å². The molecule has 0 saturated heterocycles. The first kappa shape index (κ1) is 11.7. The summed E-state index contributed by atoms with van der Waals surface area (Å²) in [7, 11) is 1.56. The second-order valence-corrected chi connectivity index (χ2v) is 3.95. The standard InChI is InChI=1S/C13H15NO3/c1-8-4-12(17-9(8)2)13(15)10-5-11(16-3)7-14-6-10/h4-7,13,15H,1-3H3. The average molecular weight is 233 g/mol. The van der Waals surface area contributed by atoms with Gasteiger partial charge >= 0.3 is 0 Å². The van der Waals surface area contributed by atoms with Gasteiger partial charge < -0.3 is 14.3 Å². The van der Waals surface area contributed by atoms with Crippen LogP contribution in [0.2, 0.25) is 0 Å². The van der Waals surface area contributed by atoms with Crippen molar-refractivity contribution in [2.45, 2.75) is 20.0 Å². The van der Waals surface area contributed by atoms with Gasteiger partial charge in [0.25, 0.3) is 0 Å². The maximum absolute atomic E-state index is 10.2. The number of furan rings is 1. The summed E-state index contributed by atoms with van der Waals surface area (Å²) < 4.78 is 10.6. The largest absolute Gasteiger partial charge is 0.495 e. The molecule has 0 spiro atoms. The van der Waals surface area contributed by atoms with Gasteiger partial charge in [-0.05, 0) is 31.5 Å². The minimum Gasteiger partial charge on any atom is -0.495 e. The molecule has 1 N–H and O–H groups in total. The molecule has 2 aromatic rings. The molecule has 2 rings (SSSR count). The number of nitrogens with zero attached hydrogens (tertiary/aromatic N) is 1. The first-order chi connectivity index (χ1) is 8.11. The number of aryl methyl sites for hydroxylation is 2. The Morgan fingerprint density at radius 3 is 2.65 bits per heavy atom. The molecule has 1 unspecified atom stereocenters. The van der Waals surface area contributed by atoms with Crippen molar-refractivity contribution >= 4 is 0 Å². The van der Waals surface area contributed by atoms with Crippen molar-refractivity contribution in [2.75, 3.05) is 7.11 Å². The molecule has 0 amide bonds. The van der Waals surface area contributed by atoms with Crippen LogP contribution in [0.25, 0.3) is 0 Å². The van der Waals surface area contributed by atoms with Crippen molar-refractivity contribution in [3.05, 3.63) is 47.2 Å². The topological polar surface area (TPSA) is 55.5 Å². The molecule has 2 heterocycles. The van der Waals surface area contributed by atoms with Gasteiger partial charge in [-0.3, -0.25) is 4.98 Å². The average Bonchev–Trinajstić information content (AvgIpc) is 2.69. The summed E-state index contributed by atoms with van der Waals surface area (Å²) in [6.07, 6.45) is 2.37. The summed E-state index contributed by atoms with van der Waals surface area (Å²) in [5.41, 5.74) is 1.67. The van der Waals surface area contributed by atoms with Crippen LogP contribution in [-0.4, -0.2) is 17.2 Å². The molecule has 0 radical (unpaired) electrons. The van der Waals surface area contributed by atoms with Gasteiger partial charge in [0.1, 0.15) is 23.4 Å². The second-order valence-electron chi connectivity index (χ2n) is 3.95. The fourth-order valence-corrected chi connectivity index (χ4v) is 1.60. The van der Waals surface area contributed by atoms with E-state index in [1.807, 2.05) is 19.9 Å². The predicted molar refractivity (Wildman–Crippen MR) is 63.0 cm³/mol. The highest BCUT2D eigenvalue weighted by molar-refractivity contribution is 5.31. The van der Waals surface area contributed by atoms with Crippen LogP contribution in [0.5, 0.6) is 5.75 Å². The van der Waals surface area contributed by atoms with Crippen molar-refractivity contribution < 1.29 is 14.3 Å². The zero-order chi connectivity index (χ0) is 12.4. The Bertz CT molecular complexity index is 500. The van der Waals surface area contributed by atoms with E-state index in [2.05, 4.69) is 4.98 Å². The zero-order valence-corrected chi connectivity index (χ0v) is 10.1. The third-order valence-corrected chi connectivity index (χ3v) is 2.74. The van der Waals surface area contributed by atoms with Gasteiger partial charge in [0.05, 0.1) is 13.3 Å². The Morgan fingerprint density at radius 1 is 1.29 bits per heavy atom. The molecule has 4 nitrogen and oxygen atoms in total. The van der Waals surface area contributed by atoms with E-state index in [0.29, 0.717) is 17.1 Å². The molecule has 0 fully saturated rings. The SMILES string of the molecule is COc1cncc(C(O)c2cc(C)c(C)o2)c1. The fourth-order valence-electron chi connectivity index (χ4n) is 1.60. The van der Waals surface area contributed by atoms with E-state index in [9.17, 15) is 5.11 Å². The number of hydrogen-bond acceptors (Lipinski definition) is 4. The minimum atomic E-state index is -0.815. The number of aliphatic hydroxyl groups excluding tert-OH is 1. The molecule has 90 valence electrons. The molecular formula is C13H15NO3. The zero-order valence-electron chi connectivity index (χ0n) is 10.1. The first-order valence-electron chi connectivity index (χ1n) is 5.35. The van der Waals surface area contributed by atoms with Crippen LogP contribution in [0.4, 0.5) is 0 Å². The number of aromatic nitrogens is 1. The lowest BCUT2D eigenvalue weighted by molar-refractivity contribution is 0.187. The summed E-state index contributed by atoms with van der Waals surface area (Å²) in [4.78, 5) is 4.00. The molecule has 1 atom stereocenters. The molecule has 0 bridgehead atoms. The Hall–Kier alpha value is -1.81. The summed E-state index contributed by atoms with van der Waals surface area (Å²) in [6, 6.07) is 3.57. The summed E-state index contributed by atoms with van der Waals surface area (Å²) in [5, 5.41) is 10.2. The quantitative estimate of drug-likeness (QED) is 0.884. The van der Waals surface area contributed by atoms with Gasteiger partial charge in [0, 0.05) is 11.8 Å². The third-order valence-electron chi connectivity index (χ3n) is 2.74. The van der Waals surface area contributed by atoms with Gasteiger partial charge in [0.15, 0.2) is 0 Å². The van der Waals surface area contributed by atoms with Crippen LogP contribution in [0.15, 0.2) is 28.9 Å². The number of pyridine rings is 1. The highest BCUT2D eigenvalue weighted by Gasteiger charge is 2.16. The molecule has 2 aromatic heterocycles. The van der Waals surface area contributed by atoms with E-state index < -0.39 is 6.10 Å². The van der Waals surface area contributed by atoms with Crippen LogP contribution in [0.1, 0.15) is 28.8 Å². The van der Waals surface area contributed by atoms with E-state index >= 15 is 0 Å². The number of aliphatic hydroxyl groups is 1. The van der Waals surface area contributed by atoms with Gasteiger partial charge in [-0.15, -0.1) is 0 Å². The maximum atomic E-state index is 10.2. The van der Waals surface area contributed by atoms with Crippen molar-refractivity contribution in [1.29, 1.82) is 0 Å². The van der Waals surface area contributed by atoms with Gasteiger partial charge in [-0.2, -0.15) is 0 Å². The lowest BCUT2D eigenvalue weighted by atomic mass is 10.1. The number of ether oxygens (including phenoxy) is 1. The monoisotopic (exact) mass is 233 g/mol. The summed E-state index contributed by atoms with van der Waals surface area (Å²) in [6.45, 7) is 3.81. The molecule has 0 aliphatic carbocycles. The smallest absolute Gasteiger partial charge is 0.138 e. The van der Waals surface area contributed by atoms with Crippen LogP contribution < -0.4 is 4.74 Å². The summed E-state index contributed by atoms with van der Waals surface area (Å²) >= 11 is 0. The lowest BCUT2D eigenvalue weighted by Crippen LogP contribution is -1.99. The molecule has 17 heavy (non-hydrogen) atoms. The van der Waals surface area contributed by atoms with Gasteiger partial charge in [-0.1, -0.05) is 0 Å². The maximum Gasteiger partial charge on any atom is 0.138 e. The van der Waals surface area contributed by atoms with Crippen molar-refractivity contribution in [3.63, 3.8) is 0 Å². The molecule has 0 aliphatic rings. The molecule has 4 heteroatoms. The first-order valence-corrected chi connectivity index (χ1v) is 5.35. The van der Waals surface area contributed by atoms with Crippen LogP contribution in [0.3, 0.4) is 0 Å². The normalized spacial score (nSPS) is 12.5. The van der Waals surface area contributed by atoms with E-state index in [4.69, 9.17) is 9.15 Å². The summed E-state index contributed by atoms with van der Waals surface area (Å²) in [5.74, 6) is 1.95. The second kappa shape index (κ2) is 4.59. The number of rotatable bonds is 3. The minimum absolute atomic E-state index is 0.523. The molecule has 0 saturated carbocycles. The van der Waals surface area contributed by atoms with Crippen LogP contribution in [0, 0.1) is 13.8 Å². The predicted octanol–water partition coefficient (Wildman–Crippen LogP) is 2.38. The third kappa shape index (κ3) is 2.31. The van der Waals surface area contributed by atoms with Gasteiger partial charge in [0.2, 0.25) is 0 Å². The number of hydrogen-bond donors (Lipinski definition) is 1. The Balaban J connectivity index is 2.32. The van der Waals surface area contributed by atoms with Crippen LogP contribution >= 0.6 is 0 Å². The van der Waals surface area contributed by atoms with Crippen LogP contribution in [-0.2, 0) is 0 Å². The highest BCUT2D eigenvalue weighted by Crippen LogP contribution is 2.27. The molecule has 0 aromatic carbocycles. The Labute approximate surface area is 99.9 Å². The van der Waals surface area contributed by atoms with Gasteiger partial charge in [-0.25, -0.2) is 0 Å². The Kier molecular flexibility index (Phi) is 3.15. The van der Waals surface area contributed by atoms with Crippen molar-refractivity contribution in [2.24, 2.45) is 0 Å². The van der Waals surface area contributed by atoms with E-state index in [1.165, 1.54) is 0 Å². The van der Waals surface area contributed by atoms with E-state index in [1.54, 1.807) is 25.6 Å². The number of methoxy groups -OCH3 is 1. The fraction of sp³-hybridized carbons (Fsp3) is 0.308. The molecule has 0 aliphatic heterocycles.